The van der Waals surface area contributed by atoms with E-state index in [0.29, 0.717) is 38.8 Å². The molecule has 0 aliphatic carbocycles. The smallest absolute Gasteiger partial charge is 0.236 e. The fraction of sp³-hybridized carbons (Fsp3) is 0.867. The summed E-state index contributed by atoms with van der Waals surface area (Å²) in [6.45, 7) is 6.19. The Kier molecular flexibility index (Phi) is 5.58. The standard InChI is InChI=1S/C15H28N4O2/c1-12-10-13(4-5-16-12)15(21)19-8-6-18(7-9-19)14(20)11-17(2)3/h12-13,16H,4-11H2,1-3H3. The molecule has 1 N–H and O–H groups in total. The molecule has 0 aromatic rings. The number of hydrogen-bond donors (Lipinski definition) is 1. The molecule has 21 heavy (non-hydrogen) atoms. The number of nitrogens with one attached hydrogen (secondary N) is 1. The molecule has 2 unspecified atom stereocenters. The van der Waals surface area contributed by atoms with E-state index < -0.39 is 0 Å². The average molecular weight is 296 g/mol. The highest BCUT2D eigenvalue weighted by molar-refractivity contribution is 5.81. The zero-order valence-corrected chi connectivity index (χ0v) is 13.5. The lowest BCUT2D eigenvalue weighted by Crippen LogP contribution is -2.54. The minimum atomic E-state index is 0.155. The van der Waals surface area contributed by atoms with Crippen LogP contribution in [0.4, 0.5) is 0 Å². The van der Waals surface area contributed by atoms with Crippen molar-refractivity contribution in [3.63, 3.8) is 0 Å². The number of piperazine rings is 1. The van der Waals surface area contributed by atoms with Crippen LogP contribution in [0.25, 0.3) is 0 Å². The molecule has 2 saturated heterocycles. The Morgan fingerprint density at radius 3 is 2.33 bits per heavy atom. The Bertz CT molecular complexity index is 378. The predicted molar refractivity (Wildman–Crippen MR) is 81.9 cm³/mol. The van der Waals surface area contributed by atoms with Gasteiger partial charge in [-0.1, -0.05) is 0 Å². The summed E-state index contributed by atoms with van der Waals surface area (Å²) in [6, 6.07) is 0.427. The Labute approximate surface area is 127 Å². The molecule has 2 heterocycles. The van der Waals surface area contributed by atoms with Gasteiger partial charge in [0.2, 0.25) is 11.8 Å². The molecule has 0 radical (unpaired) electrons. The van der Waals surface area contributed by atoms with Gasteiger partial charge in [-0.2, -0.15) is 0 Å². The first-order chi connectivity index (χ1) is 9.97. The number of amides is 2. The van der Waals surface area contributed by atoms with Crippen molar-refractivity contribution < 1.29 is 9.59 Å². The van der Waals surface area contributed by atoms with Gasteiger partial charge < -0.3 is 20.0 Å². The molecule has 0 aromatic carbocycles. The Morgan fingerprint density at radius 2 is 1.76 bits per heavy atom. The Balaban J connectivity index is 1.80. The van der Waals surface area contributed by atoms with E-state index in [9.17, 15) is 9.59 Å². The molecule has 6 heteroatoms. The SMILES string of the molecule is CC1CC(C(=O)N2CCN(C(=O)CN(C)C)CC2)CCN1. The number of nitrogens with zero attached hydrogens (tertiary/aromatic N) is 3. The molecule has 2 atom stereocenters. The first-order valence-electron chi connectivity index (χ1n) is 7.92. The van der Waals surface area contributed by atoms with Crippen LogP contribution >= 0.6 is 0 Å². The van der Waals surface area contributed by atoms with E-state index in [1.54, 1.807) is 0 Å². The highest BCUT2D eigenvalue weighted by atomic mass is 16.2. The third-order valence-corrected chi connectivity index (χ3v) is 4.37. The van der Waals surface area contributed by atoms with Crippen LogP contribution in [0.5, 0.6) is 0 Å². The molecular weight excluding hydrogens is 268 g/mol. The third kappa shape index (κ3) is 4.41. The van der Waals surface area contributed by atoms with E-state index in [2.05, 4.69) is 12.2 Å². The highest BCUT2D eigenvalue weighted by Gasteiger charge is 2.31. The van der Waals surface area contributed by atoms with Crippen molar-refractivity contribution in [3.05, 3.63) is 0 Å². The molecular formula is C15H28N4O2. The largest absolute Gasteiger partial charge is 0.339 e. The average Bonchev–Trinajstić information content (AvgIpc) is 2.46. The van der Waals surface area contributed by atoms with E-state index >= 15 is 0 Å². The predicted octanol–water partition coefficient (Wildman–Crippen LogP) is -0.393. The minimum absolute atomic E-state index is 0.155. The molecule has 0 aromatic heterocycles. The summed E-state index contributed by atoms with van der Waals surface area (Å²) in [5, 5.41) is 3.38. The third-order valence-electron chi connectivity index (χ3n) is 4.37. The van der Waals surface area contributed by atoms with Crippen molar-refractivity contribution in [1.82, 2.24) is 20.0 Å². The first-order valence-corrected chi connectivity index (χ1v) is 7.92. The molecule has 0 bridgehead atoms. The second kappa shape index (κ2) is 7.22. The Hall–Kier alpha value is -1.14. The van der Waals surface area contributed by atoms with E-state index in [0.717, 1.165) is 19.4 Å². The van der Waals surface area contributed by atoms with Crippen molar-refractivity contribution in [2.24, 2.45) is 5.92 Å². The summed E-state index contributed by atoms with van der Waals surface area (Å²) >= 11 is 0. The van der Waals surface area contributed by atoms with Gasteiger partial charge in [-0.3, -0.25) is 9.59 Å². The molecule has 0 spiro atoms. The van der Waals surface area contributed by atoms with Crippen molar-refractivity contribution in [3.8, 4) is 0 Å². The topological polar surface area (TPSA) is 55.9 Å². The lowest BCUT2D eigenvalue weighted by atomic mass is 9.92. The van der Waals surface area contributed by atoms with E-state index in [4.69, 9.17) is 0 Å². The van der Waals surface area contributed by atoms with Crippen molar-refractivity contribution in [2.75, 3.05) is 53.4 Å². The second-order valence-corrected chi connectivity index (χ2v) is 6.52. The molecule has 2 fully saturated rings. The van der Waals surface area contributed by atoms with Crippen molar-refractivity contribution in [1.29, 1.82) is 0 Å². The molecule has 0 saturated carbocycles. The fourth-order valence-corrected chi connectivity index (χ4v) is 3.16. The van der Waals surface area contributed by atoms with Crippen LogP contribution < -0.4 is 5.32 Å². The minimum Gasteiger partial charge on any atom is -0.339 e. The molecule has 2 aliphatic rings. The quantitative estimate of drug-likeness (QED) is 0.770. The fourth-order valence-electron chi connectivity index (χ4n) is 3.16. The van der Waals surface area contributed by atoms with Gasteiger partial charge in [0.25, 0.3) is 0 Å². The molecule has 2 amide bonds. The van der Waals surface area contributed by atoms with Crippen molar-refractivity contribution >= 4 is 11.8 Å². The van der Waals surface area contributed by atoms with Gasteiger partial charge in [0.15, 0.2) is 0 Å². The summed E-state index contributed by atoms with van der Waals surface area (Å²) in [5.74, 6) is 0.593. The van der Waals surface area contributed by atoms with Gasteiger partial charge in [0, 0.05) is 38.1 Å². The maximum absolute atomic E-state index is 12.5. The second-order valence-electron chi connectivity index (χ2n) is 6.52. The van der Waals surface area contributed by atoms with Gasteiger partial charge in [-0.25, -0.2) is 0 Å². The lowest BCUT2D eigenvalue weighted by Gasteiger charge is -2.38. The van der Waals surface area contributed by atoms with Crippen LogP contribution in [0.3, 0.4) is 0 Å². The summed E-state index contributed by atoms with van der Waals surface area (Å²) in [5.41, 5.74) is 0. The van der Waals surface area contributed by atoms with Crippen LogP contribution in [0.1, 0.15) is 19.8 Å². The molecule has 6 nitrogen and oxygen atoms in total. The summed E-state index contributed by atoms with van der Waals surface area (Å²) in [7, 11) is 3.80. The summed E-state index contributed by atoms with van der Waals surface area (Å²) < 4.78 is 0. The van der Waals surface area contributed by atoms with Crippen LogP contribution in [0.2, 0.25) is 0 Å². The summed E-state index contributed by atoms with van der Waals surface area (Å²) in [6.07, 6.45) is 1.86. The number of rotatable bonds is 3. The molecule has 120 valence electrons. The zero-order valence-electron chi connectivity index (χ0n) is 13.5. The first kappa shape index (κ1) is 16.2. The van der Waals surface area contributed by atoms with Gasteiger partial charge in [-0.05, 0) is 40.4 Å². The monoisotopic (exact) mass is 296 g/mol. The lowest BCUT2D eigenvalue weighted by molar-refractivity contribution is -0.143. The van der Waals surface area contributed by atoms with E-state index in [-0.39, 0.29) is 17.7 Å². The summed E-state index contributed by atoms with van der Waals surface area (Å²) in [4.78, 5) is 30.2. The van der Waals surface area contributed by atoms with Crippen LogP contribution in [-0.2, 0) is 9.59 Å². The maximum Gasteiger partial charge on any atom is 0.236 e. The van der Waals surface area contributed by atoms with E-state index in [1.165, 1.54) is 0 Å². The number of piperidine rings is 1. The number of likely N-dealkylation sites (N-methyl/N-ethyl adjacent to an activating group) is 1. The molecule has 2 rings (SSSR count). The number of carbonyl (C=O) groups is 2. The van der Waals surface area contributed by atoms with Gasteiger partial charge >= 0.3 is 0 Å². The maximum atomic E-state index is 12.5. The van der Waals surface area contributed by atoms with E-state index in [1.807, 2.05) is 28.8 Å². The number of carbonyl (C=O) groups excluding carboxylic acids is 2. The van der Waals surface area contributed by atoms with Crippen molar-refractivity contribution in [2.45, 2.75) is 25.8 Å². The van der Waals surface area contributed by atoms with Gasteiger partial charge in [0.1, 0.15) is 0 Å². The van der Waals surface area contributed by atoms with Crippen LogP contribution in [-0.4, -0.2) is 85.9 Å². The molecule has 2 aliphatic heterocycles. The normalized spacial score (nSPS) is 27.0. The Morgan fingerprint density at radius 1 is 1.14 bits per heavy atom. The van der Waals surface area contributed by atoms with Gasteiger partial charge in [0.05, 0.1) is 6.54 Å². The van der Waals surface area contributed by atoms with Crippen LogP contribution in [0.15, 0.2) is 0 Å². The van der Waals surface area contributed by atoms with Crippen LogP contribution in [0, 0.1) is 5.92 Å². The highest BCUT2D eigenvalue weighted by Crippen LogP contribution is 2.19. The number of hydrogen-bond acceptors (Lipinski definition) is 4. The zero-order chi connectivity index (χ0) is 15.4. The van der Waals surface area contributed by atoms with Gasteiger partial charge in [-0.15, -0.1) is 0 Å².